The molecule has 8 rings (SSSR count). The average Bonchev–Trinajstić information content (AvgIpc) is 3.60. The largest absolute Gasteiger partial charge is 0.318 e. The van der Waals surface area contributed by atoms with Crippen LogP contribution in [-0.4, -0.2) is 9.13 Å². The van der Waals surface area contributed by atoms with Crippen molar-refractivity contribution >= 4 is 49.3 Å². The number of nitriles is 2. The Morgan fingerprint density at radius 1 is 0.523 bits per heavy atom. The number of para-hydroxylation sites is 4. The predicted octanol–water partition coefficient (Wildman–Crippen LogP) is 9.84. The Balaban J connectivity index is 1.45. The summed E-state index contributed by atoms with van der Waals surface area (Å²) in [5, 5.41) is 25.2. The minimum atomic E-state index is 0.426. The molecule has 8 aromatic rings. The zero-order valence-electron chi connectivity index (χ0n) is 23.4. The van der Waals surface area contributed by atoms with Gasteiger partial charge in [-0.15, -0.1) is 0 Å². The lowest BCUT2D eigenvalue weighted by Crippen LogP contribution is -2.02. The van der Waals surface area contributed by atoms with Gasteiger partial charge in [-0.1, -0.05) is 91.0 Å². The summed E-state index contributed by atoms with van der Waals surface area (Å²) in [5.74, 6) is 0. The van der Waals surface area contributed by atoms with Crippen LogP contribution in [0.4, 0.5) is 5.69 Å². The number of fused-ring (bicyclic) bond motifs is 6. The molecule has 0 saturated heterocycles. The maximum absolute atomic E-state index is 10.5. The molecule has 2 aromatic heterocycles. The highest BCUT2D eigenvalue weighted by Gasteiger charge is 2.23. The summed E-state index contributed by atoms with van der Waals surface area (Å²) in [6, 6.07) is 46.6. The van der Waals surface area contributed by atoms with E-state index >= 15 is 0 Å². The third kappa shape index (κ3) is 3.50. The zero-order chi connectivity index (χ0) is 29.8. The second-order valence-electron chi connectivity index (χ2n) is 10.7. The fraction of sp³-hybridized carbons (Fsp3) is 0. The molecule has 0 aliphatic heterocycles. The molecule has 0 radical (unpaired) electrons. The molecular weight excluding hydrogens is 538 g/mol. The highest BCUT2D eigenvalue weighted by atomic mass is 15.0. The van der Waals surface area contributed by atoms with Gasteiger partial charge in [0.1, 0.15) is 6.07 Å². The van der Waals surface area contributed by atoms with Gasteiger partial charge in [0.15, 0.2) is 0 Å². The molecule has 0 fully saturated rings. The maximum atomic E-state index is 10.5. The first-order valence-corrected chi connectivity index (χ1v) is 14.2. The van der Waals surface area contributed by atoms with Gasteiger partial charge in [-0.25, -0.2) is 4.85 Å². The maximum Gasteiger partial charge on any atom is 0.211 e. The molecule has 0 aliphatic carbocycles. The van der Waals surface area contributed by atoms with E-state index in [9.17, 15) is 10.5 Å². The van der Waals surface area contributed by atoms with Crippen molar-refractivity contribution in [3.05, 3.63) is 150 Å². The van der Waals surface area contributed by atoms with Crippen LogP contribution in [0.15, 0.2) is 127 Å². The zero-order valence-corrected chi connectivity index (χ0v) is 23.4. The van der Waals surface area contributed by atoms with Crippen LogP contribution in [0.3, 0.4) is 0 Å². The Kier molecular flexibility index (Phi) is 5.56. The molecule has 44 heavy (non-hydrogen) atoms. The molecule has 0 aliphatic rings. The molecule has 0 saturated carbocycles. The molecule has 0 N–H and O–H groups in total. The summed E-state index contributed by atoms with van der Waals surface area (Å²) in [6.45, 7) is 8.12. The Morgan fingerprint density at radius 3 is 1.48 bits per heavy atom. The lowest BCUT2D eigenvalue weighted by molar-refractivity contribution is 1.16. The highest BCUT2D eigenvalue weighted by Crippen LogP contribution is 2.43. The van der Waals surface area contributed by atoms with Gasteiger partial charge in [0.2, 0.25) is 5.69 Å². The summed E-state index contributed by atoms with van der Waals surface area (Å²) >= 11 is 0. The standard InChI is InChI=1S/C39H21N5/c1-42-32-20-18-26(23-40)38(39(32)44-36-16-8-4-12-30(36)31-13-5-9-17-37(31)44)25-19-21-33(27(22-25)24-41)43-34-14-6-2-10-28(34)29-11-3-7-15-35(29)43/h2-22H. The van der Waals surface area contributed by atoms with Crippen LogP contribution >= 0.6 is 0 Å². The minimum Gasteiger partial charge on any atom is -0.318 e. The number of nitrogens with zero attached hydrogens (tertiary/aromatic N) is 5. The average molecular weight is 560 g/mol. The molecule has 0 bridgehead atoms. The summed E-state index contributed by atoms with van der Waals surface area (Å²) in [5.41, 5.74) is 7.94. The predicted molar refractivity (Wildman–Crippen MR) is 176 cm³/mol. The third-order valence-electron chi connectivity index (χ3n) is 8.43. The second-order valence-corrected chi connectivity index (χ2v) is 10.7. The van der Waals surface area contributed by atoms with Crippen molar-refractivity contribution in [1.82, 2.24) is 9.13 Å². The van der Waals surface area contributed by atoms with E-state index in [1.165, 1.54) is 0 Å². The Morgan fingerprint density at radius 2 is 1.00 bits per heavy atom. The summed E-state index contributed by atoms with van der Waals surface area (Å²) in [4.78, 5) is 3.92. The van der Waals surface area contributed by atoms with Crippen molar-refractivity contribution in [3.63, 3.8) is 0 Å². The molecule has 5 heteroatoms. The molecule has 2 heterocycles. The Labute approximate surface area is 253 Å². The normalized spacial score (nSPS) is 11.1. The minimum absolute atomic E-state index is 0.426. The van der Waals surface area contributed by atoms with Gasteiger partial charge >= 0.3 is 0 Å². The smallest absolute Gasteiger partial charge is 0.211 e. The monoisotopic (exact) mass is 559 g/mol. The van der Waals surface area contributed by atoms with E-state index in [-0.39, 0.29) is 0 Å². The van der Waals surface area contributed by atoms with E-state index in [2.05, 4.69) is 62.5 Å². The highest BCUT2D eigenvalue weighted by molar-refractivity contribution is 6.11. The van der Waals surface area contributed by atoms with Crippen LogP contribution in [0.5, 0.6) is 0 Å². The van der Waals surface area contributed by atoms with Gasteiger partial charge in [-0.05, 0) is 42.0 Å². The van der Waals surface area contributed by atoms with Crippen molar-refractivity contribution in [1.29, 1.82) is 10.5 Å². The topological polar surface area (TPSA) is 61.8 Å². The number of rotatable bonds is 3. The van der Waals surface area contributed by atoms with Gasteiger partial charge in [-0.2, -0.15) is 10.5 Å². The van der Waals surface area contributed by atoms with Gasteiger partial charge in [0, 0.05) is 27.1 Å². The van der Waals surface area contributed by atoms with Gasteiger partial charge in [0.05, 0.1) is 57.2 Å². The van der Waals surface area contributed by atoms with Crippen LogP contribution in [0.1, 0.15) is 11.1 Å². The van der Waals surface area contributed by atoms with Gasteiger partial charge in [-0.3, -0.25) is 0 Å². The van der Waals surface area contributed by atoms with Crippen LogP contribution in [0.25, 0.3) is 71.0 Å². The number of benzene rings is 6. The quantitative estimate of drug-likeness (QED) is 0.202. The van der Waals surface area contributed by atoms with Crippen LogP contribution in [0, 0.1) is 29.2 Å². The van der Waals surface area contributed by atoms with Crippen molar-refractivity contribution < 1.29 is 0 Å². The molecule has 0 atom stereocenters. The van der Waals surface area contributed by atoms with E-state index < -0.39 is 0 Å². The number of aromatic nitrogens is 2. The molecule has 5 nitrogen and oxygen atoms in total. The molecule has 202 valence electrons. The first-order chi connectivity index (χ1) is 21.7. The first-order valence-electron chi connectivity index (χ1n) is 14.2. The molecule has 0 amide bonds. The fourth-order valence-corrected chi connectivity index (χ4v) is 6.60. The number of hydrogen-bond acceptors (Lipinski definition) is 2. The van der Waals surface area contributed by atoms with Crippen LogP contribution < -0.4 is 0 Å². The molecule has 0 spiro atoms. The van der Waals surface area contributed by atoms with E-state index in [0.717, 1.165) is 49.3 Å². The van der Waals surface area contributed by atoms with Crippen molar-refractivity contribution in [3.8, 4) is 34.6 Å². The second kappa shape index (κ2) is 9.74. The van der Waals surface area contributed by atoms with E-state index in [0.29, 0.717) is 33.6 Å². The fourth-order valence-electron chi connectivity index (χ4n) is 6.60. The van der Waals surface area contributed by atoms with Crippen molar-refractivity contribution in [2.75, 3.05) is 0 Å². The molecule has 6 aromatic carbocycles. The van der Waals surface area contributed by atoms with E-state index in [1.807, 2.05) is 78.9 Å². The summed E-state index contributed by atoms with van der Waals surface area (Å²) in [6.07, 6.45) is 0. The Hall–Kier alpha value is -6.61. The SMILES string of the molecule is [C-]#[N+]c1ccc(C#N)c(-c2ccc(-n3c4ccccc4c4ccccc43)c(C#N)c2)c1-n1c2ccccc2c2ccccc21. The van der Waals surface area contributed by atoms with E-state index in [1.54, 1.807) is 12.1 Å². The molecular formula is C39H21N5. The Bertz CT molecular complexity index is 2490. The third-order valence-corrected chi connectivity index (χ3v) is 8.43. The van der Waals surface area contributed by atoms with Gasteiger partial charge < -0.3 is 9.13 Å². The summed E-state index contributed by atoms with van der Waals surface area (Å²) < 4.78 is 4.21. The lowest BCUT2D eigenvalue weighted by Gasteiger charge is -2.18. The first kappa shape index (κ1) is 25.1. The molecule has 0 unspecified atom stereocenters. The van der Waals surface area contributed by atoms with Gasteiger partial charge in [0.25, 0.3) is 0 Å². The lowest BCUT2D eigenvalue weighted by atomic mass is 9.94. The van der Waals surface area contributed by atoms with Crippen LogP contribution in [0.2, 0.25) is 0 Å². The van der Waals surface area contributed by atoms with Crippen LogP contribution in [-0.2, 0) is 0 Å². The van der Waals surface area contributed by atoms with Crippen molar-refractivity contribution in [2.45, 2.75) is 0 Å². The summed E-state index contributed by atoms with van der Waals surface area (Å²) in [7, 11) is 0. The van der Waals surface area contributed by atoms with Crippen molar-refractivity contribution in [2.24, 2.45) is 0 Å². The number of hydrogen-bond donors (Lipinski definition) is 0. The van der Waals surface area contributed by atoms with E-state index in [4.69, 9.17) is 6.57 Å².